The van der Waals surface area contributed by atoms with Crippen LogP contribution in [0.4, 0.5) is 23.1 Å². The Hall–Kier alpha value is -5.67. The van der Waals surface area contributed by atoms with Crippen molar-refractivity contribution in [2.45, 2.75) is 19.1 Å². The fourth-order valence-electron chi connectivity index (χ4n) is 6.25. The molecule has 0 saturated carbocycles. The molecule has 3 aliphatic rings. The molecule has 2 saturated heterocycles. The number of piperazine rings is 2. The molecule has 0 aliphatic carbocycles. The maximum atomic E-state index is 5.98. The average molecular weight is 708 g/mol. The number of ether oxygens (including phenoxy) is 4. The van der Waals surface area contributed by atoms with E-state index < -0.39 is 0 Å². The summed E-state index contributed by atoms with van der Waals surface area (Å²) in [5.41, 5.74) is 7.58. The summed E-state index contributed by atoms with van der Waals surface area (Å²) in [6, 6.07) is 17.8. The molecule has 15 heteroatoms. The molecule has 2 unspecified atom stereocenters. The monoisotopic (exact) mass is 707 g/mol. The standard InChI is InChI=1S/C20H24N6O2.C17H21N5O2/c1-14-13-22-9-10-26(14)19-20(24-8-7-23-19)28-12-11-27-16-4-2-3-15-5-6-17(21)25-18(15)16;1-2-4-15-14(3-1)21-11-13(24-15)12-23-17-16(19-5-6-20-17)22-9-7-18-8-10-22/h2-8,14,22H,9-13H2,1H3,(H2,21,25);1-6,13,18,21H,7-12H2. The second kappa shape index (κ2) is 17.0. The lowest BCUT2D eigenvalue weighted by atomic mass is 10.2. The zero-order chi connectivity index (χ0) is 35.5. The third-order valence-electron chi connectivity index (χ3n) is 8.87. The molecule has 0 bridgehead atoms. The second-order valence-corrected chi connectivity index (χ2v) is 12.5. The molecule has 15 nitrogen and oxygen atoms in total. The summed E-state index contributed by atoms with van der Waals surface area (Å²) in [6.45, 7) is 10.4. The zero-order valence-corrected chi connectivity index (χ0v) is 29.3. The highest BCUT2D eigenvalue weighted by Crippen LogP contribution is 2.30. The van der Waals surface area contributed by atoms with E-state index in [-0.39, 0.29) is 6.10 Å². The molecule has 52 heavy (non-hydrogen) atoms. The number of hydrogen-bond donors (Lipinski definition) is 4. The highest BCUT2D eigenvalue weighted by molar-refractivity contribution is 5.85. The Kier molecular flexibility index (Phi) is 11.4. The van der Waals surface area contributed by atoms with Crippen molar-refractivity contribution in [1.29, 1.82) is 0 Å². The smallest absolute Gasteiger partial charge is 0.257 e. The van der Waals surface area contributed by atoms with Crippen molar-refractivity contribution in [2.24, 2.45) is 0 Å². The first kappa shape index (κ1) is 34.8. The molecule has 272 valence electrons. The number of nitrogens with one attached hydrogen (secondary N) is 3. The van der Waals surface area contributed by atoms with Crippen molar-refractivity contribution in [3.05, 3.63) is 79.4 Å². The van der Waals surface area contributed by atoms with Crippen LogP contribution in [0.3, 0.4) is 0 Å². The van der Waals surface area contributed by atoms with Gasteiger partial charge in [-0.15, -0.1) is 0 Å². The van der Waals surface area contributed by atoms with E-state index in [2.05, 4.69) is 57.6 Å². The van der Waals surface area contributed by atoms with Crippen molar-refractivity contribution < 1.29 is 18.9 Å². The van der Waals surface area contributed by atoms with E-state index in [0.717, 1.165) is 79.8 Å². The van der Waals surface area contributed by atoms with Crippen LogP contribution in [0.5, 0.6) is 23.3 Å². The summed E-state index contributed by atoms with van der Waals surface area (Å²) in [7, 11) is 0. The van der Waals surface area contributed by atoms with Crippen molar-refractivity contribution in [3.8, 4) is 23.3 Å². The Morgan fingerprint density at radius 1 is 0.769 bits per heavy atom. The van der Waals surface area contributed by atoms with E-state index in [1.165, 1.54) is 0 Å². The Balaban J connectivity index is 0.000000164. The van der Waals surface area contributed by atoms with Gasteiger partial charge in [0.2, 0.25) is 0 Å². The van der Waals surface area contributed by atoms with Crippen molar-refractivity contribution >= 4 is 34.0 Å². The quantitative estimate of drug-likeness (QED) is 0.156. The highest BCUT2D eigenvalue weighted by atomic mass is 16.5. The third kappa shape index (κ3) is 8.61. The Labute approximate surface area is 302 Å². The normalized spacial score (nSPS) is 18.2. The summed E-state index contributed by atoms with van der Waals surface area (Å²) in [6.07, 6.45) is 6.65. The van der Waals surface area contributed by atoms with Crippen LogP contribution in [0.15, 0.2) is 79.4 Å². The minimum absolute atomic E-state index is 0.0576. The average Bonchev–Trinajstić information content (AvgIpc) is 3.20. The van der Waals surface area contributed by atoms with Gasteiger partial charge in [-0.1, -0.05) is 24.3 Å². The van der Waals surface area contributed by atoms with Gasteiger partial charge in [0, 0.05) is 82.0 Å². The molecule has 0 amide bonds. The Bertz CT molecular complexity index is 1910. The molecular weight excluding hydrogens is 662 g/mol. The van der Waals surface area contributed by atoms with Gasteiger partial charge < -0.3 is 50.4 Å². The topological polar surface area (TPSA) is 170 Å². The lowest BCUT2D eigenvalue weighted by Gasteiger charge is -2.35. The van der Waals surface area contributed by atoms with Crippen molar-refractivity contribution in [1.82, 2.24) is 35.6 Å². The van der Waals surface area contributed by atoms with Crippen LogP contribution in [0, 0.1) is 0 Å². The number of hydrogen-bond acceptors (Lipinski definition) is 15. The van der Waals surface area contributed by atoms with Gasteiger partial charge in [0.1, 0.15) is 48.8 Å². The van der Waals surface area contributed by atoms with Gasteiger partial charge in [0.25, 0.3) is 11.8 Å². The SMILES string of the molecule is CC1CNCCN1c1nccnc1OCCOc1cccc2ccc(N)nc12.c1ccc2c(c1)NCC(COc1nccnc1N1CCNCC1)O2. The van der Waals surface area contributed by atoms with Crippen LogP contribution in [-0.4, -0.2) is 109 Å². The summed E-state index contributed by atoms with van der Waals surface area (Å²) in [4.78, 5) is 26.5. The van der Waals surface area contributed by atoms with Crippen LogP contribution in [0.25, 0.3) is 10.9 Å². The van der Waals surface area contributed by atoms with Crippen LogP contribution in [-0.2, 0) is 0 Å². The molecule has 5 N–H and O–H groups in total. The highest BCUT2D eigenvalue weighted by Gasteiger charge is 2.24. The number of para-hydroxylation sites is 3. The number of rotatable bonds is 10. The fourth-order valence-corrected chi connectivity index (χ4v) is 6.25. The van der Waals surface area contributed by atoms with Crippen molar-refractivity contribution in [3.63, 3.8) is 0 Å². The minimum atomic E-state index is -0.0576. The van der Waals surface area contributed by atoms with Gasteiger partial charge in [-0.05, 0) is 37.3 Å². The summed E-state index contributed by atoms with van der Waals surface area (Å²) >= 11 is 0. The number of anilines is 4. The van der Waals surface area contributed by atoms with E-state index >= 15 is 0 Å². The summed E-state index contributed by atoms with van der Waals surface area (Å²) in [5, 5.41) is 11.1. The lowest BCUT2D eigenvalue weighted by molar-refractivity contribution is 0.129. The van der Waals surface area contributed by atoms with E-state index in [0.29, 0.717) is 55.7 Å². The molecule has 3 aromatic heterocycles. The molecule has 0 spiro atoms. The van der Waals surface area contributed by atoms with Gasteiger partial charge in [-0.2, -0.15) is 0 Å². The van der Waals surface area contributed by atoms with E-state index in [4.69, 9.17) is 24.7 Å². The third-order valence-corrected chi connectivity index (χ3v) is 8.87. The Morgan fingerprint density at radius 2 is 1.52 bits per heavy atom. The number of nitrogen functional groups attached to an aromatic ring is 1. The minimum Gasteiger partial charge on any atom is -0.488 e. The molecular formula is C37H45N11O4. The van der Waals surface area contributed by atoms with Gasteiger partial charge in [0.15, 0.2) is 11.6 Å². The molecule has 2 fully saturated rings. The molecule has 8 rings (SSSR count). The number of nitrogens with two attached hydrogens (primary N) is 1. The molecule has 2 aromatic carbocycles. The lowest BCUT2D eigenvalue weighted by Crippen LogP contribution is -2.50. The molecule has 0 radical (unpaired) electrons. The Morgan fingerprint density at radius 3 is 2.37 bits per heavy atom. The predicted octanol–water partition coefficient (Wildman–Crippen LogP) is 3.00. The zero-order valence-electron chi connectivity index (χ0n) is 29.3. The van der Waals surface area contributed by atoms with Gasteiger partial charge in [-0.25, -0.2) is 24.9 Å². The van der Waals surface area contributed by atoms with Crippen LogP contribution in [0.2, 0.25) is 0 Å². The summed E-state index contributed by atoms with van der Waals surface area (Å²) in [5.74, 6) is 4.69. The number of nitrogens with zero attached hydrogens (tertiary/aromatic N) is 7. The van der Waals surface area contributed by atoms with Crippen LogP contribution in [0.1, 0.15) is 6.92 Å². The first-order valence-electron chi connectivity index (χ1n) is 17.7. The fraction of sp³-hybridized carbons (Fsp3) is 0.378. The van der Waals surface area contributed by atoms with Gasteiger partial charge in [-0.3, -0.25) is 0 Å². The molecule has 6 heterocycles. The van der Waals surface area contributed by atoms with Crippen molar-refractivity contribution in [2.75, 3.05) is 93.0 Å². The van der Waals surface area contributed by atoms with Crippen LogP contribution >= 0.6 is 0 Å². The molecule has 3 aliphatic heterocycles. The first-order valence-corrected chi connectivity index (χ1v) is 17.7. The maximum Gasteiger partial charge on any atom is 0.257 e. The summed E-state index contributed by atoms with van der Waals surface area (Å²) < 4.78 is 23.7. The number of benzene rings is 2. The molecule has 5 aromatic rings. The second-order valence-electron chi connectivity index (χ2n) is 12.5. The first-order chi connectivity index (χ1) is 25.6. The van der Waals surface area contributed by atoms with E-state index in [1.807, 2.05) is 48.5 Å². The van der Waals surface area contributed by atoms with Crippen LogP contribution < -0.4 is 50.4 Å². The van der Waals surface area contributed by atoms with Gasteiger partial charge in [0.05, 0.1) is 12.2 Å². The predicted molar refractivity (Wildman–Crippen MR) is 201 cm³/mol. The van der Waals surface area contributed by atoms with E-state index in [9.17, 15) is 0 Å². The maximum absolute atomic E-state index is 5.98. The number of fused-ring (bicyclic) bond motifs is 2. The largest absolute Gasteiger partial charge is 0.488 e. The number of pyridine rings is 1. The molecule has 2 atom stereocenters. The number of aromatic nitrogens is 5. The van der Waals surface area contributed by atoms with E-state index in [1.54, 1.807) is 30.9 Å². The van der Waals surface area contributed by atoms with Gasteiger partial charge >= 0.3 is 0 Å².